The molecule has 40 heavy (non-hydrogen) atoms. The standard InChI is InChI=1S/C28H42O12/c1-12-18(34)10-28(26(6,7)36)21(12)23(39-15(4)32)25(40-16(5)33)27(8)20(38-14(3)31)9-19(37-13(2)30)17(11-29)22(27)24(28)35/h17-20,22-25,29,34-36H,9-11H2,1-8H3. The van der Waals surface area contributed by atoms with Crippen LogP contribution in [-0.2, 0) is 38.1 Å². The SMILES string of the molecule is CC(=O)OC1CC(OC(C)=O)C2(C)C(OC(C)=O)C(OC(C)=O)C3=C(C)C(O)CC3(C(C)(C)O)C(O)C2C1CO. The Hall–Kier alpha value is -2.54. The van der Waals surface area contributed by atoms with Crippen molar-refractivity contribution in [2.24, 2.45) is 22.7 Å². The molecular weight excluding hydrogens is 528 g/mol. The van der Waals surface area contributed by atoms with Gasteiger partial charge in [-0.05, 0) is 38.3 Å². The first-order chi connectivity index (χ1) is 18.3. The quantitative estimate of drug-likeness (QED) is 0.198. The van der Waals surface area contributed by atoms with Crippen LogP contribution < -0.4 is 0 Å². The molecule has 3 aliphatic rings. The fourth-order valence-electron chi connectivity index (χ4n) is 7.70. The third-order valence-electron chi connectivity index (χ3n) is 9.25. The maximum atomic E-state index is 12.6. The lowest BCUT2D eigenvalue weighted by molar-refractivity contribution is -0.243. The number of ether oxygens (including phenoxy) is 4. The zero-order valence-corrected chi connectivity index (χ0v) is 24.3. The van der Waals surface area contributed by atoms with Crippen LogP contribution in [0.4, 0.5) is 0 Å². The molecule has 0 amide bonds. The topological polar surface area (TPSA) is 186 Å². The number of fused-ring (bicyclic) bond motifs is 2. The molecular formula is C28H42O12. The minimum Gasteiger partial charge on any atom is -0.462 e. The van der Waals surface area contributed by atoms with E-state index in [-0.39, 0.29) is 18.4 Å². The molecule has 0 aromatic rings. The van der Waals surface area contributed by atoms with Crippen LogP contribution in [0.2, 0.25) is 0 Å². The zero-order chi connectivity index (χ0) is 30.5. The van der Waals surface area contributed by atoms with Gasteiger partial charge in [0.05, 0.1) is 28.6 Å². The van der Waals surface area contributed by atoms with E-state index in [0.717, 1.165) is 13.8 Å². The third kappa shape index (κ3) is 5.03. The van der Waals surface area contributed by atoms with Crippen LogP contribution in [0.1, 0.15) is 68.2 Å². The van der Waals surface area contributed by atoms with E-state index in [1.165, 1.54) is 27.7 Å². The minimum absolute atomic E-state index is 0.120. The van der Waals surface area contributed by atoms with Crippen molar-refractivity contribution in [1.29, 1.82) is 0 Å². The van der Waals surface area contributed by atoms with Crippen LogP contribution in [0, 0.1) is 22.7 Å². The van der Waals surface area contributed by atoms with Gasteiger partial charge in [0.2, 0.25) is 0 Å². The second kappa shape index (κ2) is 11.0. The zero-order valence-electron chi connectivity index (χ0n) is 24.3. The summed E-state index contributed by atoms with van der Waals surface area (Å²) < 4.78 is 23.0. The summed E-state index contributed by atoms with van der Waals surface area (Å²) >= 11 is 0. The van der Waals surface area contributed by atoms with E-state index in [9.17, 15) is 39.6 Å². The summed E-state index contributed by atoms with van der Waals surface area (Å²) in [5.74, 6) is -5.08. The van der Waals surface area contributed by atoms with Crippen LogP contribution in [0.5, 0.6) is 0 Å². The Morgan fingerprint density at radius 1 is 0.925 bits per heavy atom. The average molecular weight is 571 g/mol. The minimum atomic E-state index is -1.77. The van der Waals surface area contributed by atoms with Gasteiger partial charge in [-0.3, -0.25) is 19.2 Å². The Bertz CT molecular complexity index is 1080. The van der Waals surface area contributed by atoms with Gasteiger partial charge in [0.15, 0.2) is 12.2 Å². The molecule has 226 valence electrons. The summed E-state index contributed by atoms with van der Waals surface area (Å²) in [6.07, 6.45) is -8.12. The Balaban J connectivity index is 2.51. The summed E-state index contributed by atoms with van der Waals surface area (Å²) in [6.45, 7) is 10.1. The van der Waals surface area contributed by atoms with Crippen LogP contribution in [-0.4, -0.2) is 93.1 Å². The van der Waals surface area contributed by atoms with Crippen molar-refractivity contribution < 1.29 is 58.6 Å². The maximum Gasteiger partial charge on any atom is 0.303 e. The number of hydrogen-bond donors (Lipinski definition) is 4. The van der Waals surface area contributed by atoms with E-state index >= 15 is 0 Å². The lowest BCUT2D eigenvalue weighted by Crippen LogP contribution is -2.66. The highest BCUT2D eigenvalue weighted by molar-refractivity contribution is 5.69. The fraction of sp³-hybridized carbons (Fsp3) is 0.786. The monoisotopic (exact) mass is 570 g/mol. The predicted octanol–water partition coefficient (Wildman–Crippen LogP) is 0.561. The van der Waals surface area contributed by atoms with Gasteiger partial charge >= 0.3 is 23.9 Å². The van der Waals surface area contributed by atoms with Gasteiger partial charge in [-0.25, -0.2) is 0 Å². The summed E-state index contributed by atoms with van der Waals surface area (Å²) in [7, 11) is 0. The lowest BCUT2D eigenvalue weighted by atomic mass is 9.52. The second-order valence-corrected chi connectivity index (χ2v) is 12.1. The van der Waals surface area contributed by atoms with Crippen molar-refractivity contribution >= 4 is 23.9 Å². The number of carbonyl (C=O) groups is 4. The predicted molar refractivity (Wildman–Crippen MR) is 137 cm³/mol. The van der Waals surface area contributed by atoms with Crippen LogP contribution in [0.25, 0.3) is 0 Å². The van der Waals surface area contributed by atoms with E-state index in [0.29, 0.717) is 5.57 Å². The number of rotatable bonds is 6. The molecule has 10 unspecified atom stereocenters. The molecule has 2 saturated carbocycles. The number of aliphatic hydroxyl groups is 4. The first-order valence-electron chi connectivity index (χ1n) is 13.4. The highest BCUT2D eigenvalue weighted by atomic mass is 16.6. The average Bonchev–Trinajstić information content (AvgIpc) is 3.04. The largest absolute Gasteiger partial charge is 0.462 e. The molecule has 0 saturated heterocycles. The van der Waals surface area contributed by atoms with Crippen molar-refractivity contribution in [3.63, 3.8) is 0 Å². The molecule has 3 rings (SSSR count). The number of esters is 4. The van der Waals surface area contributed by atoms with Gasteiger partial charge < -0.3 is 39.4 Å². The van der Waals surface area contributed by atoms with Crippen molar-refractivity contribution in [3.05, 3.63) is 11.1 Å². The number of hydrogen-bond acceptors (Lipinski definition) is 12. The normalized spacial score (nSPS) is 39.4. The first kappa shape index (κ1) is 32.0. The van der Waals surface area contributed by atoms with Crippen LogP contribution in [0.15, 0.2) is 11.1 Å². The number of carbonyl (C=O) groups excluding carboxylic acids is 4. The molecule has 0 aromatic heterocycles. The van der Waals surface area contributed by atoms with E-state index in [1.807, 2.05) is 0 Å². The summed E-state index contributed by atoms with van der Waals surface area (Å²) in [6, 6.07) is 0. The summed E-state index contributed by atoms with van der Waals surface area (Å²) in [4.78, 5) is 49.6. The molecule has 0 radical (unpaired) electrons. The molecule has 0 spiro atoms. The van der Waals surface area contributed by atoms with Crippen molar-refractivity contribution in [3.8, 4) is 0 Å². The van der Waals surface area contributed by atoms with Crippen LogP contribution in [0.3, 0.4) is 0 Å². The van der Waals surface area contributed by atoms with Gasteiger partial charge in [0.25, 0.3) is 0 Å². The molecule has 0 bridgehead atoms. The van der Waals surface area contributed by atoms with E-state index in [2.05, 4.69) is 0 Å². The Morgan fingerprint density at radius 3 is 1.90 bits per heavy atom. The van der Waals surface area contributed by atoms with Gasteiger partial charge in [0, 0.05) is 52.6 Å². The van der Waals surface area contributed by atoms with Gasteiger partial charge in [-0.2, -0.15) is 0 Å². The lowest BCUT2D eigenvalue weighted by Gasteiger charge is -2.57. The maximum absolute atomic E-state index is 12.6. The smallest absolute Gasteiger partial charge is 0.303 e. The molecule has 0 heterocycles. The Kier molecular flexibility index (Phi) is 8.82. The third-order valence-corrected chi connectivity index (χ3v) is 9.25. The summed E-state index contributed by atoms with van der Waals surface area (Å²) in [5, 5.41) is 46.0. The second-order valence-electron chi connectivity index (χ2n) is 12.1. The van der Waals surface area contributed by atoms with Crippen molar-refractivity contribution in [2.75, 3.05) is 6.61 Å². The van der Waals surface area contributed by atoms with Crippen molar-refractivity contribution in [1.82, 2.24) is 0 Å². The molecule has 0 aromatic carbocycles. The van der Waals surface area contributed by atoms with E-state index in [1.54, 1.807) is 13.8 Å². The first-order valence-corrected chi connectivity index (χ1v) is 13.4. The summed E-state index contributed by atoms with van der Waals surface area (Å²) in [5.41, 5.74) is -4.52. The molecule has 10 atom stereocenters. The molecule has 2 fully saturated rings. The molecule has 12 heteroatoms. The van der Waals surface area contributed by atoms with E-state index in [4.69, 9.17) is 18.9 Å². The van der Waals surface area contributed by atoms with Gasteiger partial charge in [-0.15, -0.1) is 0 Å². The molecule has 3 aliphatic carbocycles. The molecule has 0 aliphatic heterocycles. The fourth-order valence-corrected chi connectivity index (χ4v) is 7.70. The molecule has 4 N–H and O–H groups in total. The Labute approximate surface area is 233 Å². The van der Waals surface area contributed by atoms with Gasteiger partial charge in [0.1, 0.15) is 12.2 Å². The number of aliphatic hydroxyl groups excluding tert-OH is 3. The Morgan fingerprint density at radius 2 is 1.45 bits per heavy atom. The highest BCUT2D eigenvalue weighted by Crippen LogP contribution is 2.65. The molecule has 12 nitrogen and oxygen atoms in total. The van der Waals surface area contributed by atoms with Gasteiger partial charge in [-0.1, -0.05) is 6.92 Å². The van der Waals surface area contributed by atoms with E-state index < -0.39 is 95.4 Å². The van der Waals surface area contributed by atoms with Crippen LogP contribution >= 0.6 is 0 Å². The highest BCUT2D eigenvalue weighted by Gasteiger charge is 2.73. The van der Waals surface area contributed by atoms with Crippen molar-refractivity contribution in [2.45, 2.75) is 110 Å².